The minimum atomic E-state index is -0.876. The lowest BCUT2D eigenvalue weighted by molar-refractivity contribution is 0.513. The molecule has 5 heteroatoms. The Morgan fingerprint density at radius 1 is 1.16 bits per heavy atom. The molecule has 2 heterocycles. The van der Waals surface area contributed by atoms with E-state index in [1.54, 1.807) is 24.0 Å². The maximum absolute atomic E-state index is 13.8. The maximum Gasteiger partial charge on any atom is 0.184 e. The molecule has 19 heavy (non-hydrogen) atoms. The van der Waals surface area contributed by atoms with Crippen molar-refractivity contribution in [3.63, 3.8) is 0 Å². The topological polar surface area (TPSA) is 30.7 Å². The van der Waals surface area contributed by atoms with Crippen LogP contribution < -0.4 is 0 Å². The van der Waals surface area contributed by atoms with Crippen molar-refractivity contribution in [2.24, 2.45) is 7.05 Å². The van der Waals surface area contributed by atoms with Gasteiger partial charge in [0.1, 0.15) is 11.3 Å². The fourth-order valence-electron chi connectivity index (χ4n) is 2.17. The monoisotopic (exact) mass is 259 g/mol. The molecule has 0 atom stereocenters. The predicted molar refractivity (Wildman–Crippen MR) is 68.6 cm³/mol. The van der Waals surface area contributed by atoms with Crippen molar-refractivity contribution in [3.05, 3.63) is 47.8 Å². The van der Waals surface area contributed by atoms with Crippen LogP contribution in [0.15, 0.2) is 30.6 Å². The van der Waals surface area contributed by atoms with Gasteiger partial charge in [-0.1, -0.05) is 0 Å². The van der Waals surface area contributed by atoms with Gasteiger partial charge in [0.05, 0.1) is 5.52 Å². The van der Waals surface area contributed by atoms with Crippen molar-refractivity contribution in [1.82, 2.24) is 14.5 Å². The maximum atomic E-state index is 13.8. The van der Waals surface area contributed by atoms with Crippen LogP contribution in [-0.4, -0.2) is 14.5 Å². The van der Waals surface area contributed by atoms with Gasteiger partial charge in [-0.05, 0) is 30.7 Å². The number of benzene rings is 1. The Balaban J connectivity index is 2.32. The highest BCUT2D eigenvalue weighted by atomic mass is 19.2. The third kappa shape index (κ3) is 1.78. The molecule has 0 aliphatic carbocycles. The minimum Gasteiger partial charge on any atom is -0.325 e. The molecule has 0 N–H and O–H groups in total. The smallest absolute Gasteiger partial charge is 0.184 e. The number of hydrogen-bond acceptors (Lipinski definition) is 2. The number of aryl methyl sites for hydroxylation is 2. The fraction of sp³-hybridized carbons (Fsp3) is 0.143. The van der Waals surface area contributed by atoms with Crippen LogP contribution in [0, 0.1) is 18.6 Å². The number of nitrogens with zero attached hydrogens (tertiary/aromatic N) is 3. The van der Waals surface area contributed by atoms with Crippen LogP contribution in [0.4, 0.5) is 8.78 Å². The van der Waals surface area contributed by atoms with E-state index in [2.05, 4.69) is 9.97 Å². The summed E-state index contributed by atoms with van der Waals surface area (Å²) in [6.45, 7) is 1.92. The van der Waals surface area contributed by atoms with Crippen LogP contribution in [-0.2, 0) is 7.05 Å². The summed E-state index contributed by atoms with van der Waals surface area (Å²) in [5.74, 6) is -1.18. The summed E-state index contributed by atoms with van der Waals surface area (Å²) in [5.41, 5.74) is 2.35. The number of aromatic nitrogens is 3. The van der Waals surface area contributed by atoms with Gasteiger partial charge in [-0.25, -0.2) is 13.8 Å². The molecule has 0 radical (unpaired) electrons. The lowest BCUT2D eigenvalue weighted by Crippen LogP contribution is -1.96. The zero-order valence-corrected chi connectivity index (χ0v) is 10.5. The van der Waals surface area contributed by atoms with Crippen LogP contribution >= 0.6 is 0 Å². The average molecular weight is 259 g/mol. The second-order valence-electron chi connectivity index (χ2n) is 4.47. The summed E-state index contributed by atoms with van der Waals surface area (Å²) in [5, 5.41) is 0. The number of pyridine rings is 1. The number of halogens is 2. The number of rotatable bonds is 1. The molecule has 0 spiro atoms. The van der Waals surface area contributed by atoms with E-state index in [4.69, 9.17) is 0 Å². The Morgan fingerprint density at radius 3 is 2.68 bits per heavy atom. The SMILES string of the molecule is Cc1cncc(-c2nc3ccc(F)c(F)c3n2C)c1. The summed E-state index contributed by atoms with van der Waals surface area (Å²) in [6.07, 6.45) is 3.38. The first-order valence-electron chi connectivity index (χ1n) is 5.80. The Morgan fingerprint density at radius 2 is 1.95 bits per heavy atom. The zero-order chi connectivity index (χ0) is 13.6. The first-order valence-corrected chi connectivity index (χ1v) is 5.80. The van der Waals surface area contributed by atoms with E-state index in [0.29, 0.717) is 11.3 Å². The van der Waals surface area contributed by atoms with Gasteiger partial charge in [0.25, 0.3) is 0 Å². The van der Waals surface area contributed by atoms with Crippen molar-refractivity contribution >= 4 is 11.0 Å². The summed E-state index contributed by atoms with van der Waals surface area (Å²) >= 11 is 0. The third-order valence-corrected chi connectivity index (χ3v) is 3.06. The molecule has 3 nitrogen and oxygen atoms in total. The van der Waals surface area contributed by atoms with Gasteiger partial charge in [-0.2, -0.15) is 0 Å². The highest BCUT2D eigenvalue weighted by Crippen LogP contribution is 2.26. The predicted octanol–water partition coefficient (Wildman–Crippen LogP) is 3.22. The highest BCUT2D eigenvalue weighted by molar-refractivity contribution is 5.81. The standard InChI is InChI=1S/C14H11F2N3/c1-8-5-9(7-17-6-8)14-18-11-4-3-10(15)12(16)13(11)19(14)2/h3-7H,1-2H3. The van der Waals surface area contributed by atoms with Gasteiger partial charge >= 0.3 is 0 Å². The van der Waals surface area contributed by atoms with Crippen molar-refractivity contribution in [2.45, 2.75) is 6.92 Å². The molecule has 0 saturated carbocycles. The van der Waals surface area contributed by atoms with E-state index in [0.717, 1.165) is 17.2 Å². The van der Waals surface area contributed by atoms with Gasteiger partial charge in [0, 0.05) is 25.0 Å². The van der Waals surface area contributed by atoms with Gasteiger partial charge in [0.2, 0.25) is 0 Å². The molecule has 1 aromatic carbocycles. The van der Waals surface area contributed by atoms with E-state index in [1.165, 1.54) is 6.07 Å². The van der Waals surface area contributed by atoms with Crippen molar-refractivity contribution in [3.8, 4) is 11.4 Å². The minimum absolute atomic E-state index is 0.163. The molecule has 2 aromatic heterocycles. The van der Waals surface area contributed by atoms with Crippen LogP contribution in [0.2, 0.25) is 0 Å². The highest BCUT2D eigenvalue weighted by Gasteiger charge is 2.16. The van der Waals surface area contributed by atoms with Crippen LogP contribution in [0.1, 0.15) is 5.56 Å². The second-order valence-corrected chi connectivity index (χ2v) is 4.47. The Bertz CT molecular complexity index is 778. The Hall–Kier alpha value is -2.30. The van der Waals surface area contributed by atoms with Crippen molar-refractivity contribution in [2.75, 3.05) is 0 Å². The molecule has 0 unspecified atom stereocenters. The molecule has 0 saturated heterocycles. The molecule has 0 amide bonds. The number of fused-ring (bicyclic) bond motifs is 1. The summed E-state index contributed by atoms with van der Waals surface area (Å²) in [6, 6.07) is 4.46. The van der Waals surface area contributed by atoms with E-state index in [1.807, 2.05) is 13.0 Å². The lowest BCUT2D eigenvalue weighted by Gasteiger charge is -2.03. The molecule has 0 bridgehead atoms. The lowest BCUT2D eigenvalue weighted by atomic mass is 10.2. The summed E-state index contributed by atoms with van der Waals surface area (Å²) < 4.78 is 28.6. The largest absolute Gasteiger partial charge is 0.325 e. The Labute approximate surface area is 108 Å². The average Bonchev–Trinajstić information content (AvgIpc) is 2.72. The third-order valence-electron chi connectivity index (χ3n) is 3.06. The molecule has 0 aliphatic rings. The molecule has 3 rings (SSSR count). The summed E-state index contributed by atoms with van der Waals surface area (Å²) in [7, 11) is 1.66. The van der Waals surface area contributed by atoms with E-state index in [9.17, 15) is 8.78 Å². The quantitative estimate of drug-likeness (QED) is 0.671. The molecule has 96 valence electrons. The fourth-order valence-corrected chi connectivity index (χ4v) is 2.17. The van der Waals surface area contributed by atoms with Crippen LogP contribution in [0.25, 0.3) is 22.4 Å². The van der Waals surface area contributed by atoms with Crippen LogP contribution in [0.5, 0.6) is 0 Å². The molecular weight excluding hydrogens is 248 g/mol. The first-order chi connectivity index (χ1) is 9.08. The summed E-state index contributed by atoms with van der Waals surface area (Å²) in [4.78, 5) is 8.43. The van der Waals surface area contributed by atoms with Crippen molar-refractivity contribution < 1.29 is 8.78 Å². The van der Waals surface area contributed by atoms with Gasteiger partial charge < -0.3 is 4.57 Å². The van der Waals surface area contributed by atoms with Gasteiger partial charge in [-0.3, -0.25) is 4.98 Å². The molecule has 0 aliphatic heterocycles. The van der Waals surface area contributed by atoms with Gasteiger partial charge in [0.15, 0.2) is 11.6 Å². The van der Waals surface area contributed by atoms with E-state index >= 15 is 0 Å². The zero-order valence-electron chi connectivity index (χ0n) is 10.5. The van der Waals surface area contributed by atoms with Gasteiger partial charge in [-0.15, -0.1) is 0 Å². The number of imidazole rings is 1. The first kappa shape index (κ1) is 11.8. The molecular formula is C14H11F2N3. The number of hydrogen-bond donors (Lipinski definition) is 0. The second kappa shape index (κ2) is 4.12. The van der Waals surface area contributed by atoms with E-state index < -0.39 is 11.6 Å². The van der Waals surface area contributed by atoms with E-state index in [-0.39, 0.29) is 5.52 Å². The van der Waals surface area contributed by atoms with Crippen molar-refractivity contribution in [1.29, 1.82) is 0 Å². The molecule has 0 fully saturated rings. The Kier molecular flexibility index (Phi) is 2.55. The molecule has 3 aromatic rings. The van der Waals surface area contributed by atoms with Crippen LogP contribution in [0.3, 0.4) is 0 Å². The normalized spacial score (nSPS) is 11.2.